The van der Waals surface area contributed by atoms with Crippen molar-refractivity contribution in [3.05, 3.63) is 23.3 Å². The summed E-state index contributed by atoms with van der Waals surface area (Å²) in [6.07, 6.45) is 5.59. The topological polar surface area (TPSA) is 49.3 Å². The molecule has 1 aliphatic carbocycles. The smallest absolute Gasteiger partial charge is 0.159 e. The highest BCUT2D eigenvalue weighted by Crippen LogP contribution is 2.16. The Bertz CT molecular complexity index is 241. The summed E-state index contributed by atoms with van der Waals surface area (Å²) >= 11 is 0. The van der Waals surface area contributed by atoms with Crippen LogP contribution in [0.25, 0.3) is 0 Å². The Morgan fingerprint density at radius 1 is 1.75 bits per heavy atom. The summed E-state index contributed by atoms with van der Waals surface area (Å²) in [5.74, 6) is 0.0881. The number of allylic oxidation sites excluding steroid dienone is 3. The minimum Gasteiger partial charge on any atom is -0.317 e. The second kappa shape index (κ2) is 4.18. The van der Waals surface area contributed by atoms with E-state index in [4.69, 9.17) is 5.21 Å². The fourth-order valence-corrected chi connectivity index (χ4v) is 1.25. The average Bonchev–Trinajstić information content (AvgIpc) is 2.05. The van der Waals surface area contributed by atoms with E-state index in [9.17, 15) is 4.79 Å². The maximum absolute atomic E-state index is 11.0. The van der Waals surface area contributed by atoms with Crippen molar-refractivity contribution in [3.8, 4) is 0 Å². The largest absolute Gasteiger partial charge is 0.317 e. The normalized spacial score (nSPS) is 16.8. The highest BCUT2D eigenvalue weighted by atomic mass is 16.5. The molecule has 3 heteroatoms. The van der Waals surface area contributed by atoms with Crippen LogP contribution < -0.4 is 5.48 Å². The van der Waals surface area contributed by atoms with Crippen LogP contribution >= 0.6 is 0 Å². The predicted molar refractivity (Wildman–Crippen MR) is 45.9 cm³/mol. The van der Waals surface area contributed by atoms with E-state index in [0.717, 1.165) is 24.0 Å². The number of nitrogens with one attached hydrogen (secondary N) is 1. The lowest BCUT2D eigenvalue weighted by atomic mass is 9.97. The summed E-state index contributed by atoms with van der Waals surface area (Å²) in [7, 11) is 0. The molecule has 0 unspecified atom stereocenters. The van der Waals surface area contributed by atoms with Gasteiger partial charge in [-0.2, -0.15) is 0 Å². The number of rotatable bonds is 3. The van der Waals surface area contributed by atoms with Gasteiger partial charge in [0.15, 0.2) is 5.78 Å². The molecule has 0 fully saturated rings. The van der Waals surface area contributed by atoms with Crippen molar-refractivity contribution in [2.24, 2.45) is 0 Å². The Kier molecular flexibility index (Phi) is 3.19. The Morgan fingerprint density at radius 3 is 3.08 bits per heavy atom. The van der Waals surface area contributed by atoms with Gasteiger partial charge in [0.05, 0.1) is 0 Å². The summed E-state index contributed by atoms with van der Waals surface area (Å²) < 4.78 is 0. The molecule has 2 N–H and O–H groups in total. The molecule has 0 saturated carbocycles. The zero-order valence-corrected chi connectivity index (χ0v) is 7.13. The van der Waals surface area contributed by atoms with Crippen LogP contribution in [0.4, 0.5) is 0 Å². The summed E-state index contributed by atoms with van der Waals surface area (Å²) in [6.45, 7) is 2.00. The number of Topliss-reactive ketones (excluding diaryl/α,β-unsaturated/α-hetero) is 1. The van der Waals surface area contributed by atoms with Crippen molar-refractivity contribution in [2.75, 3.05) is 6.54 Å². The number of hydrogen-bond donors (Lipinski definition) is 2. The van der Waals surface area contributed by atoms with Gasteiger partial charge in [-0.25, -0.2) is 5.48 Å². The molecule has 0 spiro atoms. The zero-order valence-electron chi connectivity index (χ0n) is 7.13. The number of hydrogen-bond acceptors (Lipinski definition) is 3. The van der Waals surface area contributed by atoms with Gasteiger partial charge in [0, 0.05) is 12.1 Å². The second-order valence-electron chi connectivity index (χ2n) is 2.89. The van der Waals surface area contributed by atoms with E-state index in [2.05, 4.69) is 5.48 Å². The van der Waals surface area contributed by atoms with Crippen molar-refractivity contribution < 1.29 is 10.0 Å². The molecule has 1 rings (SSSR count). The van der Waals surface area contributed by atoms with Gasteiger partial charge in [-0.15, -0.1) is 0 Å². The van der Waals surface area contributed by atoms with Gasteiger partial charge in [0.1, 0.15) is 0 Å². The van der Waals surface area contributed by atoms with Gasteiger partial charge >= 0.3 is 0 Å². The third-order valence-electron chi connectivity index (χ3n) is 1.90. The van der Waals surface area contributed by atoms with Crippen molar-refractivity contribution >= 4 is 5.78 Å². The first-order valence-corrected chi connectivity index (χ1v) is 4.01. The van der Waals surface area contributed by atoms with E-state index in [1.165, 1.54) is 0 Å². The lowest BCUT2D eigenvalue weighted by molar-refractivity contribution is -0.113. The van der Waals surface area contributed by atoms with Crippen LogP contribution in [0.5, 0.6) is 0 Å². The third kappa shape index (κ3) is 2.29. The molecule has 0 amide bonds. The van der Waals surface area contributed by atoms with E-state index in [-0.39, 0.29) is 5.78 Å². The monoisotopic (exact) mass is 167 g/mol. The molecular weight excluding hydrogens is 154 g/mol. The molecule has 0 bridgehead atoms. The Hall–Kier alpha value is -0.930. The second-order valence-corrected chi connectivity index (χ2v) is 2.89. The lowest BCUT2D eigenvalue weighted by Crippen LogP contribution is -2.13. The van der Waals surface area contributed by atoms with E-state index in [1.54, 1.807) is 6.92 Å². The van der Waals surface area contributed by atoms with E-state index in [0.29, 0.717) is 6.54 Å². The van der Waals surface area contributed by atoms with Crippen molar-refractivity contribution in [1.82, 2.24) is 5.48 Å². The molecule has 12 heavy (non-hydrogen) atoms. The maximum Gasteiger partial charge on any atom is 0.159 e. The molecular formula is C9H13NO2. The highest BCUT2D eigenvalue weighted by Gasteiger charge is 2.07. The molecule has 3 nitrogen and oxygen atoms in total. The highest BCUT2D eigenvalue weighted by molar-refractivity contribution is 5.96. The Labute approximate surface area is 71.7 Å². The molecule has 0 saturated heterocycles. The van der Waals surface area contributed by atoms with Gasteiger partial charge in [-0.3, -0.25) is 4.79 Å². The third-order valence-corrected chi connectivity index (χ3v) is 1.90. The maximum atomic E-state index is 11.0. The van der Waals surface area contributed by atoms with Crippen LogP contribution in [0.15, 0.2) is 23.3 Å². The zero-order chi connectivity index (χ0) is 8.97. The minimum absolute atomic E-state index is 0.0881. The molecule has 0 aromatic carbocycles. The number of carbonyl (C=O) groups is 1. The molecule has 0 aromatic rings. The van der Waals surface area contributed by atoms with Crippen molar-refractivity contribution in [3.63, 3.8) is 0 Å². The van der Waals surface area contributed by atoms with Gasteiger partial charge in [-0.05, 0) is 19.8 Å². The average molecular weight is 167 g/mol. The van der Waals surface area contributed by atoms with Crippen LogP contribution in [0.2, 0.25) is 0 Å². The van der Waals surface area contributed by atoms with Crippen LogP contribution in [-0.4, -0.2) is 17.5 Å². The number of carbonyl (C=O) groups excluding carboxylic acids is 1. The molecule has 0 aromatic heterocycles. The van der Waals surface area contributed by atoms with Crippen LogP contribution in [0.3, 0.4) is 0 Å². The quantitative estimate of drug-likeness (QED) is 0.621. The SMILES string of the molecule is CC(=O)C1=CCCC(CNO)=C1. The van der Waals surface area contributed by atoms with E-state index >= 15 is 0 Å². The van der Waals surface area contributed by atoms with E-state index in [1.807, 2.05) is 12.2 Å². The number of ketones is 1. The molecule has 66 valence electrons. The van der Waals surface area contributed by atoms with Gasteiger partial charge < -0.3 is 5.21 Å². The van der Waals surface area contributed by atoms with E-state index < -0.39 is 0 Å². The summed E-state index contributed by atoms with van der Waals surface area (Å²) in [5, 5.41) is 8.45. The minimum atomic E-state index is 0.0881. The Balaban J connectivity index is 2.67. The van der Waals surface area contributed by atoms with Crippen LogP contribution in [0.1, 0.15) is 19.8 Å². The summed E-state index contributed by atoms with van der Waals surface area (Å²) in [5.41, 5.74) is 3.92. The summed E-state index contributed by atoms with van der Waals surface area (Å²) in [6, 6.07) is 0. The molecule has 0 atom stereocenters. The molecule has 0 aliphatic heterocycles. The summed E-state index contributed by atoms with van der Waals surface area (Å²) in [4.78, 5) is 11.0. The van der Waals surface area contributed by atoms with Gasteiger partial charge in [0.2, 0.25) is 0 Å². The van der Waals surface area contributed by atoms with Gasteiger partial charge in [0.25, 0.3) is 0 Å². The Morgan fingerprint density at radius 2 is 2.50 bits per heavy atom. The van der Waals surface area contributed by atoms with Crippen LogP contribution in [0, 0.1) is 0 Å². The lowest BCUT2D eigenvalue weighted by Gasteiger charge is -2.10. The first-order chi connectivity index (χ1) is 5.74. The van der Waals surface area contributed by atoms with Crippen molar-refractivity contribution in [2.45, 2.75) is 19.8 Å². The fourth-order valence-electron chi connectivity index (χ4n) is 1.25. The molecule has 0 heterocycles. The van der Waals surface area contributed by atoms with Crippen LogP contribution in [-0.2, 0) is 4.79 Å². The standard InChI is InChI=1S/C9H13NO2/c1-7(11)9-4-2-3-8(5-9)6-10-12/h4-5,10,12H,2-3,6H2,1H3. The molecule has 0 radical (unpaired) electrons. The predicted octanol–water partition coefficient (Wildman–Crippen LogP) is 1.20. The number of hydroxylamine groups is 1. The first kappa shape index (κ1) is 9.16. The van der Waals surface area contributed by atoms with Crippen molar-refractivity contribution in [1.29, 1.82) is 0 Å². The fraction of sp³-hybridized carbons (Fsp3) is 0.444. The van der Waals surface area contributed by atoms with Gasteiger partial charge in [-0.1, -0.05) is 17.7 Å². The first-order valence-electron chi connectivity index (χ1n) is 4.01. The molecule has 1 aliphatic rings.